The van der Waals surface area contributed by atoms with Gasteiger partial charge in [0, 0.05) is 12.7 Å². The minimum absolute atomic E-state index is 0.165. The van der Waals surface area contributed by atoms with Gasteiger partial charge < -0.3 is 11.1 Å². The number of hydrogen-bond acceptors (Lipinski definition) is 3. The van der Waals surface area contributed by atoms with E-state index in [2.05, 4.69) is 50.1 Å². The molecular weight excluding hydrogens is 210 g/mol. The Labute approximate surface area is 105 Å². The van der Waals surface area contributed by atoms with Gasteiger partial charge in [0.25, 0.3) is 0 Å². The largest absolute Gasteiger partial charge is 0.370 e. The van der Waals surface area contributed by atoms with Gasteiger partial charge in [-0.3, -0.25) is 0 Å². The molecular formula is C14H25N3. The van der Waals surface area contributed by atoms with Crippen LogP contribution in [0.15, 0.2) is 18.3 Å². The molecule has 1 unspecified atom stereocenters. The van der Waals surface area contributed by atoms with Crippen LogP contribution in [-0.2, 0) is 5.41 Å². The highest BCUT2D eigenvalue weighted by atomic mass is 15.0. The molecule has 0 spiro atoms. The summed E-state index contributed by atoms with van der Waals surface area (Å²) in [6.07, 6.45) is 3.00. The molecule has 3 nitrogen and oxygen atoms in total. The SMILES string of the molecule is CC(CCN)CNc1ccc(C(C)(C)C)cn1. The van der Waals surface area contributed by atoms with Crippen molar-refractivity contribution < 1.29 is 0 Å². The standard InChI is InChI=1S/C14H25N3/c1-11(7-8-15)9-16-13-6-5-12(10-17-13)14(2,3)4/h5-6,10-11H,7-9,15H2,1-4H3,(H,16,17). The summed E-state index contributed by atoms with van der Waals surface area (Å²) in [7, 11) is 0. The van der Waals surface area contributed by atoms with Gasteiger partial charge in [-0.25, -0.2) is 4.98 Å². The molecule has 17 heavy (non-hydrogen) atoms. The van der Waals surface area contributed by atoms with Crippen LogP contribution in [0.4, 0.5) is 5.82 Å². The van der Waals surface area contributed by atoms with Gasteiger partial charge in [-0.05, 0) is 35.9 Å². The van der Waals surface area contributed by atoms with Gasteiger partial charge in [0.2, 0.25) is 0 Å². The third kappa shape index (κ3) is 4.73. The van der Waals surface area contributed by atoms with E-state index in [1.54, 1.807) is 0 Å². The summed E-state index contributed by atoms with van der Waals surface area (Å²) in [6.45, 7) is 10.5. The number of nitrogens with one attached hydrogen (secondary N) is 1. The highest BCUT2D eigenvalue weighted by Gasteiger charge is 2.13. The first kappa shape index (κ1) is 14.0. The molecule has 1 aromatic rings. The summed E-state index contributed by atoms with van der Waals surface area (Å²) < 4.78 is 0. The first-order valence-corrected chi connectivity index (χ1v) is 6.34. The maximum absolute atomic E-state index is 5.52. The van der Waals surface area contributed by atoms with Crippen molar-refractivity contribution in [1.29, 1.82) is 0 Å². The predicted molar refractivity (Wildman–Crippen MR) is 74.3 cm³/mol. The minimum atomic E-state index is 0.165. The van der Waals surface area contributed by atoms with Crippen molar-refractivity contribution in [2.75, 3.05) is 18.4 Å². The van der Waals surface area contributed by atoms with Crippen molar-refractivity contribution in [2.24, 2.45) is 11.7 Å². The number of nitrogens with zero attached hydrogens (tertiary/aromatic N) is 1. The van der Waals surface area contributed by atoms with Crippen LogP contribution in [0.1, 0.15) is 39.7 Å². The fraction of sp³-hybridized carbons (Fsp3) is 0.643. The molecule has 0 amide bonds. The Morgan fingerprint density at radius 3 is 2.53 bits per heavy atom. The van der Waals surface area contributed by atoms with Crippen LogP contribution in [0.5, 0.6) is 0 Å². The second-order valence-corrected chi connectivity index (χ2v) is 5.75. The second kappa shape index (κ2) is 6.01. The quantitative estimate of drug-likeness (QED) is 0.825. The van der Waals surface area contributed by atoms with Gasteiger partial charge in [0.05, 0.1) is 0 Å². The van der Waals surface area contributed by atoms with Crippen LogP contribution < -0.4 is 11.1 Å². The Bertz CT molecular complexity index is 324. The lowest BCUT2D eigenvalue weighted by atomic mass is 9.88. The zero-order chi connectivity index (χ0) is 12.9. The molecule has 0 fully saturated rings. The smallest absolute Gasteiger partial charge is 0.125 e. The molecule has 1 rings (SSSR count). The van der Waals surface area contributed by atoms with Gasteiger partial charge in [-0.1, -0.05) is 33.8 Å². The Kier molecular flexibility index (Phi) is 4.94. The molecule has 1 atom stereocenters. The number of rotatable bonds is 5. The van der Waals surface area contributed by atoms with E-state index in [4.69, 9.17) is 5.73 Å². The third-order valence-corrected chi connectivity index (χ3v) is 2.92. The van der Waals surface area contributed by atoms with E-state index in [9.17, 15) is 0 Å². The fourth-order valence-corrected chi connectivity index (χ4v) is 1.61. The molecule has 96 valence electrons. The van der Waals surface area contributed by atoms with Crippen molar-refractivity contribution in [1.82, 2.24) is 4.98 Å². The van der Waals surface area contributed by atoms with Crippen LogP contribution in [0.3, 0.4) is 0 Å². The maximum Gasteiger partial charge on any atom is 0.125 e. The Morgan fingerprint density at radius 2 is 2.06 bits per heavy atom. The summed E-state index contributed by atoms with van der Waals surface area (Å²) in [4.78, 5) is 4.43. The highest BCUT2D eigenvalue weighted by Crippen LogP contribution is 2.21. The van der Waals surface area contributed by atoms with E-state index < -0.39 is 0 Å². The normalized spacial score (nSPS) is 13.5. The lowest BCUT2D eigenvalue weighted by Gasteiger charge is -2.19. The van der Waals surface area contributed by atoms with Crippen molar-refractivity contribution >= 4 is 5.82 Å². The average Bonchev–Trinajstić information content (AvgIpc) is 2.26. The summed E-state index contributed by atoms with van der Waals surface area (Å²) in [5, 5.41) is 3.34. The predicted octanol–water partition coefficient (Wildman–Crippen LogP) is 2.78. The molecule has 0 aliphatic heterocycles. The Morgan fingerprint density at radius 1 is 1.35 bits per heavy atom. The monoisotopic (exact) mass is 235 g/mol. The lowest BCUT2D eigenvalue weighted by Crippen LogP contribution is -2.16. The summed E-state index contributed by atoms with van der Waals surface area (Å²) in [6, 6.07) is 4.19. The van der Waals surface area contributed by atoms with Crippen LogP contribution in [0.25, 0.3) is 0 Å². The summed E-state index contributed by atoms with van der Waals surface area (Å²) in [5.74, 6) is 1.53. The van der Waals surface area contributed by atoms with E-state index in [1.165, 1.54) is 5.56 Å². The molecule has 0 aromatic carbocycles. The first-order chi connectivity index (χ1) is 7.93. The van der Waals surface area contributed by atoms with Crippen LogP contribution in [0, 0.1) is 5.92 Å². The number of pyridine rings is 1. The molecule has 0 aliphatic rings. The molecule has 0 saturated carbocycles. The number of aromatic nitrogens is 1. The summed E-state index contributed by atoms with van der Waals surface area (Å²) >= 11 is 0. The number of hydrogen-bond donors (Lipinski definition) is 2. The lowest BCUT2D eigenvalue weighted by molar-refractivity contribution is 0.567. The molecule has 0 radical (unpaired) electrons. The number of anilines is 1. The van der Waals surface area contributed by atoms with Gasteiger partial charge in [-0.15, -0.1) is 0 Å². The highest BCUT2D eigenvalue weighted by molar-refractivity contribution is 5.37. The van der Waals surface area contributed by atoms with Gasteiger partial charge in [0.1, 0.15) is 5.82 Å². The summed E-state index contributed by atoms with van der Waals surface area (Å²) in [5.41, 5.74) is 6.95. The average molecular weight is 235 g/mol. The Hall–Kier alpha value is -1.09. The van der Waals surface area contributed by atoms with Gasteiger partial charge >= 0.3 is 0 Å². The molecule has 1 aromatic heterocycles. The van der Waals surface area contributed by atoms with E-state index in [1.807, 2.05) is 6.20 Å². The zero-order valence-electron chi connectivity index (χ0n) is 11.5. The third-order valence-electron chi connectivity index (χ3n) is 2.92. The molecule has 3 heteroatoms. The molecule has 0 bridgehead atoms. The van der Waals surface area contributed by atoms with Gasteiger partial charge in [0.15, 0.2) is 0 Å². The van der Waals surface area contributed by atoms with Crippen molar-refractivity contribution in [2.45, 2.75) is 39.5 Å². The van der Waals surface area contributed by atoms with E-state index in [-0.39, 0.29) is 5.41 Å². The van der Waals surface area contributed by atoms with Crippen LogP contribution >= 0.6 is 0 Å². The van der Waals surface area contributed by atoms with E-state index in [0.717, 1.165) is 25.3 Å². The molecule has 0 saturated heterocycles. The molecule has 3 N–H and O–H groups in total. The van der Waals surface area contributed by atoms with Crippen molar-refractivity contribution in [3.05, 3.63) is 23.9 Å². The number of nitrogens with two attached hydrogens (primary N) is 1. The van der Waals surface area contributed by atoms with E-state index in [0.29, 0.717) is 5.92 Å². The first-order valence-electron chi connectivity index (χ1n) is 6.34. The van der Waals surface area contributed by atoms with Crippen molar-refractivity contribution in [3.8, 4) is 0 Å². The zero-order valence-corrected chi connectivity index (χ0v) is 11.5. The van der Waals surface area contributed by atoms with Gasteiger partial charge in [-0.2, -0.15) is 0 Å². The van der Waals surface area contributed by atoms with Crippen molar-refractivity contribution in [3.63, 3.8) is 0 Å². The Balaban J connectivity index is 2.51. The van der Waals surface area contributed by atoms with E-state index >= 15 is 0 Å². The topological polar surface area (TPSA) is 50.9 Å². The molecule has 0 aliphatic carbocycles. The minimum Gasteiger partial charge on any atom is -0.370 e. The fourth-order valence-electron chi connectivity index (χ4n) is 1.61. The van der Waals surface area contributed by atoms with Crippen LogP contribution in [0.2, 0.25) is 0 Å². The van der Waals surface area contributed by atoms with Crippen LogP contribution in [-0.4, -0.2) is 18.1 Å². The molecule has 1 heterocycles. The second-order valence-electron chi connectivity index (χ2n) is 5.75. The maximum atomic E-state index is 5.52.